The zero-order chi connectivity index (χ0) is 16.2. The lowest BCUT2D eigenvalue weighted by molar-refractivity contribution is -0.126. The second kappa shape index (κ2) is 8.42. The topological polar surface area (TPSA) is 94.0 Å². The number of hydrogen-bond acceptors (Lipinski definition) is 5. The number of rotatable bonds is 6. The molecule has 1 amide bonds. The fraction of sp³-hybridized carbons (Fsp3) is 0.400. The van der Waals surface area contributed by atoms with E-state index in [4.69, 9.17) is 10.3 Å². The van der Waals surface area contributed by atoms with Gasteiger partial charge in [0, 0.05) is 23.9 Å². The summed E-state index contributed by atoms with van der Waals surface area (Å²) in [6, 6.07) is 7.38. The fourth-order valence-electron chi connectivity index (χ4n) is 1.93. The average molecular weight is 404 g/mol. The van der Waals surface area contributed by atoms with Gasteiger partial charge in [0.25, 0.3) is 0 Å². The first-order valence-electron chi connectivity index (χ1n) is 7.08. The normalized spacial score (nSPS) is 13.0. The SMILES string of the molecule is CCc1nc(CCNC(=O)C(C)(N)c2ccc(Br)cc2)no1.Cl. The van der Waals surface area contributed by atoms with Crippen LogP contribution < -0.4 is 11.1 Å². The van der Waals surface area contributed by atoms with E-state index in [2.05, 4.69) is 31.4 Å². The molecule has 126 valence electrons. The molecule has 0 fully saturated rings. The predicted octanol–water partition coefficient (Wildman–Crippen LogP) is 2.35. The second-order valence-corrected chi connectivity index (χ2v) is 6.09. The smallest absolute Gasteiger partial charge is 0.244 e. The van der Waals surface area contributed by atoms with Crippen LogP contribution in [0.2, 0.25) is 0 Å². The van der Waals surface area contributed by atoms with Gasteiger partial charge in [-0.25, -0.2) is 0 Å². The standard InChI is InChI=1S/C15H19BrN4O2.ClH/c1-3-13-19-12(20-22-13)8-9-18-14(21)15(2,17)10-4-6-11(16)7-5-10;/h4-7H,3,8-9,17H2,1-2H3,(H,18,21);1H. The minimum atomic E-state index is -1.09. The number of halogens is 2. The molecule has 2 rings (SSSR count). The first-order valence-corrected chi connectivity index (χ1v) is 7.87. The highest BCUT2D eigenvalue weighted by Gasteiger charge is 2.30. The Labute approximate surface area is 149 Å². The van der Waals surface area contributed by atoms with Crippen LogP contribution in [0.1, 0.15) is 31.1 Å². The molecule has 1 aromatic heterocycles. The van der Waals surface area contributed by atoms with Gasteiger partial charge in [0.2, 0.25) is 11.8 Å². The zero-order valence-corrected chi connectivity index (χ0v) is 15.4. The maximum atomic E-state index is 12.3. The van der Waals surface area contributed by atoms with E-state index in [1.807, 2.05) is 31.2 Å². The van der Waals surface area contributed by atoms with Crippen LogP contribution in [0.3, 0.4) is 0 Å². The molecule has 23 heavy (non-hydrogen) atoms. The zero-order valence-electron chi connectivity index (χ0n) is 13.0. The number of amides is 1. The summed E-state index contributed by atoms with van der Waals surface area (Å²) in [7, 11) is 0. The van der Waals surface area contributed by atoms with Crippen molar-refractivity contribution in [2.24, 2.45) is 5.73 Å². The number of nitrogens with two attached hydrogens (primary N) is 1. The van der Waals surface area contributed by atoms with Crippen molar-refractivity contribution in [3.8, 4) is 0 Å². The van der Waals surface area contributed by atoms with E-state index in [0.717, 1.165) is 10.0 Å². The molecule has 0 radical (unpaired) electrons. The van der Waals surface area contributed by atoms with Gasteiger partial charge in [-0.1, -0.05) is 40.1 Å². The Hall–Kier alpha value is -1.44. The highest BCUT2D eigenvalue weighted by atomic mass is 79.9. The van der Waals surface area contributed by atoms with E-state index in [-0.39, 0.29) is 18.3 Å². The fourth-order valence-corrected chi connectivity index (χ4v) is 2.20. The minimum absolute atomic E-state index is 0. The van der Waals surface area contributed by atoms with Crippen molar-refractivity contribution in [2.45, 2.75) is 32.2 Å². The van der Waals surface area contributed by atoms with Crippen LogP contribution >= 0.6 is 28.3 Å². The Bertz CT molecular complexity index is 643. The molecule has 1 aromatic carbocycles. The number of carbonyl (C=O) groups excluding carboxylic acids is 1. The highest BCUT2D eigenvalue weighted by molar-refractivity contribution is 9.10. The van der Waals surface area contributed by atoms with E-state index < -0.39 is 5.54 Å². The number of aryl methyl sites for hydroxylation is 1. The van der Waals surface area contributed by atoms with Gasteiger partial charge in [0.05, 0.1) is 0 Å². The van der Waals surface area contributed by atoms with Crippen molar-refractivity contribution in [1.29, 1.82) is 0 Å². The molecule has 0 saturated carbocycles. The molecule has 0 aliphatic carbocycles. The van der Waals surface area contributed by atoms with Crippen LogP contribution in [0.5, 0.6) is 0 Å². The van der Waals surface area contributed by atoms with Crippen LogP contribution in [0.4, 0.5) is 0 Å². The molecule has 1 unspecified atom stereocenters. The van der Waals surface area contributed by atoms with Gasteiger partial charge in [-0.2, -0.15) is 4.98 Å². The summed E-state index contributed by atoms with van der Waals surface area (Å²) >= 11 is 3.36. The summed E-state index contributed by atoms with van der Waals surface area (Å²) in [6.45, 7) is 4.04. The Morgan fingerprint density at radius 2 is 2.04 bits per heavy atom. The van der Waals surface area contributed by atoms with Gasteiger partial charge in [-0.15, -0.1) is 12.4 Å². The average Bonchev–Trinajstić information content (AvgIpc) is 2.95. The molecule has 0 spiro atoms. The molecule has 3 N–H and O–H groups in total. The molecule has 2 aromatic rings. The van der Waals surface area contributed by atoms with Crippen LogP contribution in [-0.4, -0.2) is 22.6 Å². The van der Waals surface area contributed by atoms with Crippen LogP contribution in [0.15, 0.2) is 33.3 Å². The summed E-state index contributed by atoms with van der Waals surface area (Å²) in [4.78, 5) is 16.5. The third-order valence-electron chi connectivity index (χ3n) is 3.36. The lowest BCUT2D eigenvalue weighted by Crippen LogP contribution is -2.49. The van der Waals surface area contributed by atoms with Gasteiger partial charge in [0.1, 0.15) is 5.54 Å². The van der Waals surface area contributed by atoms with Crippen LogP contribution in [0.25, 0.3) is 0 Å². The monoisotopic (exact) mass is 402 g/mol. The maximum Gasteiger partial charge on any atom is 0.244 e. The number of nitrogens with one attached hydrogen (secondary N) is 1. The Morgan fingerprint density at radius 3 is 2.61 bits per heavy atom. The predicted molar refractivity (Wildman–Crippen MR) is 93.3 cm³/mol. The van der Waals surface area contributed by atoms with Gasteiger partial charge < -0.3 is 15.6 Å². The summed E-state index contributed by atoms with van der Waals surface area (Å²) < 4.78 is 5.96. The lowest BCUT2D eigenvalue weighted by atomic mass is 9.92. The Morgan fingerprint density at radius 1 is 1.39 bits per heavy atom. The third kappa shape index (κ3) is 5.02. The molecular formula is C15H20BrClN4O2. The van der Waals surface area contributed by atoms with Crippen molar-refractivity contribution in [3.05, 3.63) is 46.0 Å². The Kier molecular flexibility index (Phi) is 7.18. The van der Waals surface area contributed by atoms with Crippen molar-refractivity contribution in [1.82, 2.24) is 15.5 Å². The molecule has 0 aliphatic heterocycles. The molecular weight excluding hydrogens is 384 g/mol. The summed E-state index contributed by atoms with van der Waals surface area (Å²) in [6.07, 6.45) is 1.20. The van der Waals surface area contributed by atoms with Gasteiger partial charge in [-0.3, -0.25) is 4.79 Å². The van der Waals surface area contributed by atoms with Crippen LogP contribution in [-0.2, 0) is 23.2 Å². The number of nitrogens with zero attached hydrogens (tertiary/aromatic N) is 2. The molecule has 8 heteroatoms. The van der Waals surface area contributed by atoms with Crippen molar-refractivity contribution in [2.75, 3.05) is 6.54 Å². The molecule has 6 nitrogen and oxygen atoms in total. The number of benzene rings is 1. The Balaban J connectivity index is 0.00000264. The highest BCUT2D eigenvalue weighted by Crippen LogP contribution is 2.20. The first-order chi connectivity index (χ1) is 10.4. The number of hydrogen-bond donors (Lipinski definition) is 2. The number of carbonyl (C=O) groups is 1. The van der Waals surface area contributed by atoms with Gasteiger partial charge in [0.15, 0.2) is 5.82 Å². The van der Waals surface area contributed by atoms with Crippen LogP contribution in [0, 0.1) is 0 Å². The third-order valence-corrected chi connectivity index (χ3v) is 3.89. The van der Waals surface area contributed by atoms with Crippen molar-refractivity contribution >= 4 is 34.2 Å². The minimum Gasteiger partial charge on any atom is -0.354 e. The van der Waals surface area contributed by atoms with Gasteiger partial charge in [-0.05, 0) is 24.6 Å². The van der Waals surface area contributed by atoms with E-state index in [9.17, 15) is 4.79 Å². The molecule has 1 atom stereocenters. The molecule has 0 bridgehead atoms. The molecule has 0 aliphatic rings. The summed E-state index contributed by atoms with van der Waals surface area (Å²) in [5.41, 5.74) is 5.82. The van der Waals surface area contributed by atoms with Gasteiger partial charge >= 0.3 is 0 Å². The largest absolute Gasteiger partial charge is 0.354 e. The maximum absolute atomic E-state index is 12.3. The first kappa shape index (κ1) is 19.6. The van der Waals surface area contributed by atoms with Crippen molar-refractivity contribution < 1.29 is 9.32 Å². The van der Waals surface area contributed by atoms with E-state index in [1.54, 1.807) is 6.92 Å². The molecule has 1 heterocycles. The van der Waals surface area contributed by atoms with E-state index in [1.165, 1.54) is 0 Å². The lowest BCUT2D eigenvalue weighted by Gasteiger charge is -2.24. The van der Waals surface area contributed by atoms with E-state index in [0.29, 0.717) is 31.1 Å². The summed E-state index contributed by atoms with van der Waals surface area (Å²) in [5, 5.41) is 6.65. The summed E-state index contributed by atoms with van der Waals surface area (Å²) in [5.74, 6) is 0.938. The van der Waals surface area contributed by atoms with E-state index >= 15 is 0 Å². The van der Waals surface area contributed by atoms with Crippen molar-refractivity contribution in [3.63, 3.8) is 0 Å². The second-order valence-electron chi connectivity index (χ2n) is 5.17. The quantitative estimate of drug-likeness (QED) is 0.772. The molecule has 0 saturated heterocycles. The number of aromatic nitrogens is 2.